The van der Waals surface area contributed by atoms with E-state index in [2.05, 4.69) is 20.2 Å². The highest BCUT2D eigenvalue weighted by Gasteiger charge is 2.39. The Balaban J connectivity index is 1.86. The van der Waals surface area contributed by atoms with E-state index < -0.39 is 12.0 Å². The SMILES string of the molecule is Cc1cnc(N2CCn3c(nnc3C(F)(F)F)C2)nc1. The predicted octanol–water partition coefficient (Wildman–Crippen LogP) is 1.42. The van der Waals surface area contributed by atoms with Gasteiger partial charge in [0.2, 0.25) is 11.8 Å². The molecule has 0 aliphatic carbocycles. The van der Waals surface area contributed by atoms with Crippen LogP contribution in [0.3, 0.4) is 0 Å². The Bertz CT molecular complexity index is 618. The molecule has 0 bridgehead atoms. The molecule has 9 heteroatoms. The summed E-state index contributed by atoms with van der Waals surface area (Å²) in [6.07, 6.45) is -1.14. The molecule has 20 heavy (non-hydrogen) atoms. The zero-order valence-electron chi connectivity index (χ0n) is 10.6. The van der Waals surface area contributed by atoms with Crippen LogP contribution < -0.4 is 4.90 Å². The average Bonchev–Trinajstić information content (AvgIpc) is 2.82. The van der Waals surface area contributed by atoms with Crippen molar-refractivity contribution in [2.24, 2.45) is 0 Å². The lowest BCUT2D eigenvalue weighted by Gasteiger charge is -2.27. The van der Waals surface area contributed by atoms with Gasteiger partial charge in [0.1, 0.15) is 0 Å². The predicted molar refractivity (Wildman–Crippen MR) is 62.8 cm³/mol. The third-order valence-electron chi connectivity index (χ3n) is 3.06. The molecule has 3 heterocycles. The maximum absolute atomic E-state index is 12.7. The number of nitrogens with zero attached hydrogens (tertiary/aromatic N) is 6. The van der Waals surface area contributed by atoms with Gasteiger partial charge in [0, 0.05) is 25.5 Å². The molecule has 0 atom stereocenters. The number of anilines is 1. The first-order valence-corrected chi connectivity index (χ1v) is 5.98. The summed E-state index contributed by atoms with van der Waals surface area (Å²) in [5.74, 6) is -0.192. The molecular weight excluding hydrogens is 273 g/mol. The minimum Gasteiger partial charge on any atom is -0.331 e. The summed E-state index contributed by atoms with van der Waals surface area (Å²) in [5.41, 5.74) is 0.924. The average molecular weight is 284 g/mol. The molecule has 0 unspecified atom stereocenters. The van der Waals surface area contributed by atoms with E-state index in [1.54, 1.807) is 17.3 Å². The van der Waals surface area contributed by atoms with Gasteiger partial charge in [-0.15, -0.1) is 10.2 Å². The smallest absolute Gasteiger partial charge is 0.331 e. The van der Waals surface area contributed by atoms with Gasteiger partial charge in [-0.1, -0.05) is 0 Å². The molecule has 106 valence electrons. The second kappa shape index (κ2) is 4.43. The van der Waals surface area contributed by atoms with Gasteiger partial charge in [-0.2, -0.15) is 13.2 Å². The topological polar surface area (TPSA) is 59.7 Å². The zero-order chi connectivity index (χ0) is 14.3. The fourth-order valence-corrected chi connectivity index (χ4v) is 2.09. The second-order valence-electron chi connectivity index (χ2n) is 4.57. The first kappa shape index (κ1) is 12.8. The molecule has 2 aromatic rings. The molecular formula is C11H11F3N6. The van der Waals surface area contributed by atoms with Crippen LogP contribution >= 0.6 is 0 Å². The van der Waals surface area contributed by atoms with Crippen LogP contribution in [0.5, 0.6) is 0 Å². The third kappa shape index (κ3) is 2.19. The Hall–Kier alpha value is -2.19. The number of aromatic nitrogens is 5. The van der Waals surface area contributed by atoms with E-state index in [4.69, 9.17) is 0 Å². The van der Waals surface area contributed by atoms with E-state index in [9.17, 15) is 13.2 Å². The standard InChI is InChI=1S/C11H11F3N6/c1-7-4-15-10(16-5-7)19-2-3-20-8(6-19)17-18-9(20)11(12,13)14/h4-5H,2-3,6H2,1H3. The van der Waals surface area contributed by atoms with Gasteiger partial charge in [-0.25, -0.2) is 9.97 Å². The van der Waals surface area contributed by atoms with Crippen molar-refractivity contribution in [2.45, 2.75) is 26.2 Å². The van der Waals surface area contributed by atoms with E-state index in [0.29, 0.717) is 12.5 Å². The number of aryl methyl sites for hydroxylation is 1. The molecule has 0 spiro atoms. The van der Waals surface area contributed by atoms with Crippen molar-refractivity contribution in [3.05, 3.63) is 29.6 Å². The monoisotopic (exact) mass is 284 g/mol. The minimum atomic E-state index is -4.48. The van der Waals surface area contributed by atoms with E-state index in [1.807, 2.05) is 6.92 Å². The number of hydrogen-bond acceptors (Lipinski definition) is 5. The van der Waals surface area contributed by atoms with Crippen LogP contribution in [0.4, 0.5) is 19.1 Å². The quantitative estimate of drug-likeness (QED) is 0.792. The molecule has 0 saturated carbocycles. The Morgan fingerprint density at radius 1 is 1.10 bits per heavy atom. The van der Waals surface area contributed by atoms with Crippen molar-refractivity contribution in [2.75, 3.05) is 11.4 Å². The molecule has 3 rings (SSSR count). The summed E-state index contributed by atoms with van der Waals surface area (Å²) in [6.45, 7) is 2.63. The van der Waals surface area contributed by atoms with Gasteiger partial charge in [0.15, 0.2) is 5.82 Å². The summed E-state index contributed by atoms with van der Waals surface area (Å²) in [7, 11) is 0. The molecule has 2 aromatic heterocycles. The fraction of sp³-hybridized carbons (Fsp3) is 0.455. The molecule has 6 nitrogen and oxygen atoms in total. The van der Waals surface area contributed by atoms with Crippen molar-refractivity contribution < 1.29 is 13.2 Å². The Morgan fingerprint density at radius 2 is 1.80 bits per heavy atom. The van der Waals surface area contributed by atoms with E-state index in [0.717, 1.165) is 10.1 Å². The highest BCUT2D eigenvalue weighted by Crippen LogP contribution is 2.29. The van der Waals surface area contributed by atoms with Gasteiger partial charge in [-0.3, -0.25) is 0 Å². The largest absolute Gasteiger partial charge is 0.451 e. The summed E-state index contributed by atoms with van der Waals surface area (Å²) in [5, 5.41) is 6.84. The van der Waals surface area contributed by atoms with Crippen LogP contribution in [0.1, 0.15) is 17.2 Å². The van der Waals surface area contributed by atoms with Crippen molar-refractivity contribution in [1.82, 2.24) is 24.7 Å². The van der Waals surface area contributed by atoms with Gasteiger partial charge in [0.25, 0.3) is 0 Å². The van der Waals surface area contributed by atoms with Crippen molar-refractivity contribution in [1.29, 1.82) is 0 Å². The molecule has 0 saturated heterocycles. The lowest BCUT2D eigenvalue weighted by molar-refractivity contribution is -0.147. The summed E-state index contributed by atoms with van der Waals surface area (Å²) in [4.78, 5) is 10.1. The fourth-order valence-electron chi connectivity index (χ4n) is 2.09. The molecule has 0 N–H and O–H groups in total. The second-order valence-corrected chi connectivity index (χ2v) is 4.57. The van der Waals surface area contributed by atoms with E-state index in [1.165, 1.54) is 0 Å². The highest BCUT2D eigenvalue weighted by molar-refractivity contribution is 5.31. The maximum Gasteiger partial charge on any atom is 0.451 e. The number of alkyl halides is 3. The Kier molecular flexibility index (Phi) is 2.84. The van der Waals surface area contributed by atoms with E-state index in [-0.39, 0.29) is 18.9 Å². The maximum atomic E-state index is 12.7. The molecule has 1 aliphatic heterocycles. The Morgan fingerprint density at radius 3 is 2.45 bits per heavy atom. The van der Waals surface area contributed by atoms with Crippen LogP contribution in [0, 0.1) is 6.92 Å². The van der Waals surface area contributed by atoms with Crippen LogP contribution in [0.2, 0.25) is 0 Å². The van der Waals surface area contributed by atoms with Crippen LogP contribution in [-0.4, -0.2) is 31.3 Å². The first-order chi connectivity index (χ1) is 9.45. The lowest BCUT2D eigenvalue weighted by Crippen LogP contribution is -2.36. The van der Waals surface area contributed by atoms with Crippen LogP contribution in [0.15, 0.2) is 12.4 Å². The molecule has 1 aliphatic rings. The summed E-state index contributed by atoms with van der Waals surface area (Å²) < 4.78 is 39.2. The van der Waals surface area contributed by atoms with Gasteiger partial charge in [0.05, 0.1) is 6.54 Å². The van der Waals surface area contributed by atoms with E-state index >= 15 is 0 Å². The van der Waals surface area contributed by atoms with Crippen molar-refractivity contribution in [3.8, 4) is 0 Å². The lowest BCUT2D eigenvalue weighted by atomic mass is 10.3. The number of halogens is 3. The van der Waals surface area contributed by atoms with Crippen molar-refractivity contribution in [3.63, 3.8) is 0 Å². The Labute approximate surface area is 112 Å². The first-order valence-electron chi connectivity index (χ1n) is 5.98. The summed E-state index contributed by atoms with van der Waals surface area (Å²) >= 11 is 0. The van der Waals surface area contributed by atoms with Crippen LogP contribution in [-0.2, 0) is 19.3 Å². The normalized spacial score (nSPS) is 15.3. The molecule has 0 fully saturated rings. The third-order valence-corrected chi connectivity index (χ3v) is 3.06. The molecule has 0 aromatic carbocycles. The van der Waals surface area contributed by atoms with Crippen LogP contribution in [0.25, 0.3) is 0 Å². The number of fused-ring (bicyclic) bond motifs is 1. The van der Waals surface area contributed by atoms with Gasteiger partial charge in [-0.05, 0) is 12.5 Å². The molecule has 0 amide bonds. The van der Waals surface area contributed by atoms with Gasteiger partial charge >= 0.3 is 6.18 Å². The number of rotatable bonds is 1. The van der Waals surface area contributed by atoms with Crippen molar-refractivity contribution >= 4 is 5.95 Å². The number of hydrogen-bond donors (Lipinski definition) is 0. The van der Waals surface area contributed by atoms with Gasteiger partial charge < -0.3 is 9.47 Å². The molecule has 0 radical (unpaired) electrons. The minimum absolute atomic E-state index is 0.161. The zero-order valence-corrected chi connectivity index (χ0v) is 10.6. The summed E-state index contributed by atoms with van der Waals surface area (Å²) in [6, 6.07) is 0. The highest BCUT2D eigenvalue weighted by atomic mass is 19.4.